The Morgan fingerprint density at radius 3 is 2.40 bits per heavy atom. The summed E-state index contributed by atoms with van der Waals surface area (Å²) in [4.78, 5) is 24.6. The third-order valence-electron chi connectivity index (χ3n) is 4.40. The number of dihydropyridines is 1. The number of terminal acetylenes is 1. The van der Waals surface area contributed by atoms with Gasteiger partial charge in [0.15, 0.2) is 0 Å². The first kappa shape index (κ1) is 22.6. The highest BCUT2D eigenvalue weighted by Gasteiger charge is 2.42. The van der Waals surface area contributed by atoms with Crippen molar-refractivity contribution in [1.82, 2.24) is 5.32 Å². The van der Waals surface area contributed by atoms with Crippen LogP contribution in [-0.2, 0) is 20.5 Å². The molecule has 0 aromatic heterocycles. The molecule has 2 N–H and O–H groups in total. The van der Waals surface area contributed by atoms with Gasteiger partial charge in [0, 0.05) is 24.2 Å². The molecule has 0 bridgehead atoms. The summed E-state index contributed by atoms with van der Waals surface area (Å²) in [6, 6.07) is 4.52. The van der Waals surface area contributed by atoms with Gasteiger partial charge in [-0.25, -0.2) is 9.59 Å². The molecule has 1 heterocycles. The Labute approximate surface area is 171 Å². The molecule has 1 aliphatic rings. The first-order chi connectivity index (χ1) is 14.1. The van der Waals surface area contributed by atoms with Gasteiger partial charge in [0.1, 0.15) is 6.11 Å². The third kappa shape index (κ3) is 4.84. The number of aliphatic carboxylic acids is 1. The number of carbonyl (C=O) groups excluding carboxylic acids is 1. The van der Waals surface area contributed by atoms with Gasteiger partial charge in [-0.3, -0.25) is 0 Å². The normalized spacial score (nSPS) is 16.2. The summed E-state index contributed by atoms with van der Waals surface area (Å²) in [5, 5.41) is 12.4. The van der Waals surface area contributed by atoms with Crippen LogP contribution in [0.15, 0.2) is 46.8 Å². The minimum Gasteiger partial charge on any atom is -0.478 e. The summed E-state index contributed by atoms with van der Waals surface area (Å²) in [6.07, 6.45) is 3.11. The van der Waals surface area contributed by atoms with Gasteiger partial charge in [0.05, 0.1) is 22.6 Å². The SMILES string of the molecule is C#CCCC#COC(=O)C1=C(C)NC(C)=C(C(=O)O)C1c1ccccc1C(F)(F)F. The molecular formula is C22H18F3NO4. The molecule has 0 fully saturated rings. The lowest BCUT2D eigenvalue weighted by molar-refractivity contribution is -0.139. The van der Waals surface area contributed by atoms with Crippen molar-refractivity contribution in [2.24, 2.45) is 0 Å². The van der Waals surface area contributed by atoms with Gasteiger partial charge in [-0.05, 0) is 25.5 Å². The van der Waals surface area contributed by atoms with Crippen molar-refractivity contribution in [3.05, 3.63) is 57.9 Å². The van der Waals surface area contributed by atoms with Gasteiger partial charge >= 0.3 is 18.1 Å². The number of benzene rings is 1. The Bertz CT molecular complexity index is 1030. The maximum Gasteiger partial charge on any atom is 0.416 e. The van der Waals surface area contributed by atoms with E-state index in [4.69, 9.17) is 11.2 Å². The molecule has 5 nitrogen and oxygen atoms in total. The first-order valence-electron chi connectivity index (χ1n) is 8.80. The van der Waals surface area contributed by atoms with E-state index in [1.165, 1.54) is 26.0 Å². The molecule has 1 aromatic rings. The van der Waals surface area contributed by atoms with E-state index >= 15 is 0 Å². The molecule has 1 aromatic carbocycles. The lowest BCUT2D eigenvalue weighted by atomic mass is 9.78. The molecule has 1 aliphatic heterocycles. The van der Waals surface area contributed by atoms with Crippen LogP contribution in [0.1, 0.15) is 43.7 Å². The van der Waals surface area contributed by atoms with Crippen LogP contribution >= 0.6 is 0 Å². The van der Waals surface area contributed by atoms with Gasteiger partial charge in [-0.15, -0.1) is 12.3 Å². The van der Waals surface area contributed by atoms with E-state index in [0.29, 0.717) is 6.42 Å². The van der Waals surface area contributed by atoms with Gasteiger partial charge in [0.2, 0.25) is 0 Å². The van der Waals surface area contributed by atoms with Crippen molar-refractivity contribution < 1.29 is 32.6 Å². The van der Waals surface area contributed by atoms with Crippen LogP contribution < -0.4 is 5.32 Å². The molecule has 0 spiro atoms. The van der Waals surface area contributed by atoms with Crippen LogP contribution in [0.3, 0.4) is 0 Å². The van der Waals surface area contributed by atoms with Crippen LogP contribution in [0.4, 0.5) is 13.2 Å². The summed E-state index contributed by atoms with van der Waals surface area (Å²) in [7, 11) is 0. The van der Waals surface area contributed by atoms with Gasteiger partial charge in [-0.1, -0.05) is 24.1 Å². The molecule has 0 amide bonds. The maximum absolute atomic E-state index is 13.6. The largest absolute Gasteiger partial charge is 0.478 e. The zero-order chi connectivity index (χ0) is 22.5. The van der Waals surface area contributed by atoms with Crippen LogP contribution in [0.5, 0.6) is 0 Å². The molecular weight excluding hydrogens is 399 g/mol. The number of allylic oxidation sites excluding steroid dienone is 2. The minimum absolute atomic E-state index is 0.124. The van der Waals surface area contributed by atoms with Crippen molar-refractivity contribution in [3.8, 4) is 24.4 Å². The molecule has 0 saturated carbocycles. The number of carboxylic acids is 1. The summed E-state index contributed by atoms with van der Waals surface area (Å²) >= 11 is 0. The number of carboxylic acid groups (broad SMARTS) is 1. The number of carbonyl (C=O) groups is 2. The summed E-state index contributed by atoms with van der Waals surface area (Å²) in [5.74, 6) is 0.878. The smallest absolute Gasteiger partial charge is 0.416 e. The predicted octanol–water partition coefficient (Wildman–Crippen LogP) is 3.94. The van der Waals surface area contributed by atoms with Gasteiger partial charge in [-0.2, -0.15) is 13.2 Å². The standard InChI is InChI=1S/C22H18F3NO4/c1-4-5-6-9-12-30-21(29)18-14(3)26-13(2)17(20(27)28)19(18)15-10-7-8-11-16(15)22(23,24)25/h1,7-8,10-11,19,26H,5-6H2,2-3H3,(H,27,28). The molecule has 0 aliphatic carbocycles. The number of rotatable bonds is 4. The van der Waals surface area contributed by atoms with Crippen molar-refractivity contribution in [2.45, 2.75) is 38.8 Å². The first-order valence-corrected chi connectivity index (χ1v) is 8.80. The van der Waals surface area contributed by atoms with Crippen LogP contribution in [0.2, 0.25) is 0 Å². The van der Waals surface area contributed by atoms with E-state index in [-0.39, 0.29) is 34.5 Å². The Morgan fingerprint density at radius 2 is 1.80 bits per heavy atom. The average molecular weight is 417 g/mol. The molecule has 2 rings (SSSR count). The van der Waals surface area contributed by atoms with Crippen molar-refractivity contribution in [2.75, 3.05) is 0 Å². The zero-order valence-corrected chi connectivity index (χ0v) is 16.2. The molecule has 156 valence electrons. The topological polar surface area (TPSA) is 75.6 Å². The Kier molecular flexibility index (Phi) is 6.97. The van der Waals surface area contributed by atoms with E-state index in [1.807, 2.05) is 0 Å². The lowest BCUT2D eigenvalue weighted by Crippen LogP contribution is -2.32. The molecule has 30 heavy (non-hydrogen) atoms. The van der Waals surface area contributed by atoms with Gasteiger partial charge in [0.25, 0.3) is 0 Å². The van der Waals surface area contributed by atoms with E-state index in [0.717, 1.165) is 12.1 Å². The molecule has 8 heteroatoms. The fraction of sp³-hybridized carbons (Fsp3) is 0.273. The maximum atomic E-state index is 13.6. The lowest BCUT2D eigenvalue weighted by Gasteiger charge is -2.30. The second-order valence-corrected chi connectivity index (χ2v) is 6.40. The molecule has 0 radical (unpaired) electrons. The minimum atomic E-state index is -4.75. The monoisotopic (exact) mass is 417 g/mol. The summed E-state index contributed by atoms with van der Waals surface area (Å²) in [6.45, 7) is 2.87. The molecule has 0 saturated heterocycles. The average Bonchev–Trinajstić information content (AvgIpc) is 2.66. The number of esters is 1. The second kappa shape index (κ2) is 9.23. The van der Waals surface area contributed by atoms with Crippen LogP contribution in [0.25, 0.3) is 0 Å². The van der Waals surface area contributed by atoms with E-state index < -0.39 is 29.6 Å². The number of unbranched alkanes of at least 4 members (excludes halogenated alkanes) is 1. The third-order valence-corrected chi connectivity index (χ3v) is 4.40. The molecule has 1 atom stereocenters. The van der Waals surface area contributed by atoms with E-state index in [2.05, 4.69) is 23.3 Å². The summed E-state index contributed by atoms with van der Waals surface area (Å²) < 4.78 is 45.8. The quantitative estimate of drug-likeness (QED) is 0.441. The highest BCUT2D eigenvalue weighted by atomic mass is 19.4. The number of halogens is 3. The fourth-order valence-electron chi connectivity index (χ4n) is 3.19. The van der Waals surface area contributed by atoms with E-state index in [1.54, 1.807) is 0 Å². The Hall–Kier alpha value is -3.65. The van der Waals surface area contributed by atoms with Crippen LogP contribution in [-0.4, -0.2) is 17.0 Å². The number of nitrogens with one attached hydrogen (secondary N) is 1. The highest BCUT2D eigenvalue weighted by Crippen LogP contribution is 2.44. The molecule has 1 unspecified atom stereocenters. The summed E-state index contributed by atoms with van der Waals surface area (Å²) in [5.41, 5.74) is -1.75. The van der Waals surface area contributed by atoms with Crippen molar-refractivity contribution in [3.63, 3.8) is 0 Å². The predicted molar refractivity (Wildman–Crippen MR) is 102 cm³/mol. The Balaban J connectivity index is 2.62. The number of ether oxygens (including phenoxy) is 1. The highest BCUT2D eigenvalue weighted by molar-refractivity contribution is 5.99. The van der Waals surface area contributed by atoms with E-state index in [9.17, 15) is 27.9 Å². The number of alkyl halides is 3. The fourth-order valence-corrected chi connectivity index (χ4v) is 3.19. The van der Waals surface area contributed by atoms with Crippen molar-refractivity contribution in [1.29, 1.82) is 0 Å². The van der Waals surface area contributed by atoms with Gasteiger partial charge < -0.3 is 15.2 Å². The number of hydrogen-bond acceptors (Lipinski definition) is 4. The van der Waals surface area contributed by atoms with Crippen LogP contribution in [0, 0.1) is 24.4 Å². The number of hydrogen-bond donors (Lipinski definition) is 2. The Morgan fingerprint density at radius 1 is 1.17 bits per heavy atom. The van der Waals surface area contributed by atoms with Crippen molar-refractivity contribution >= 4 is 11.9 Å². The second-order valence-electron chi connectivity index (χ2n) is 6.40. The zero-order valence-electron chi connectivity index (χ0n) is 16.2.